The van der Waals surface area contributed by atoms with Crippen LogP contribution in [0.1, 0.15) is 52.9 Å². The molecule has 4 nitrogen and oxygen atoms in total. The van der Waals surface area contributed by atoms with Gasteiger partial charge in [-0.3, -0.25) is 0 Å². The third-order valence-electron chi connectivity index (χ3n) is 5.81. The quantitative estimate of drug-likeness (QED) is 0.505. The molecule has 1 unspecified atom stereocenters. The predicted octanol–water partition coefficient (Wildman–Crippen LogP) is 3.06. The zero-order valence-corrected chi connectivity index (χ0v) is 12.6. The van der Waals surface area contributed by atoms with E-state index in [2.05, 4.69) is 0 Å². The second kappa shape index (κ2) is 3.98. The highest BCUT2D eigenvalue weighted by molar-refractivity contribution is 5.76. The lowest BCUT2D eigenvalue weighted by molar-refractivity contribution is -0.504. The molecule has 0 aromatic carbocycles. The maximum atomic E-state index is 12.4. The van der Waals surface area contributed by atoms with Crippen LogP contribution >= 0.6 is 0 Å². The van der Waals surface area contributed by atoms with Crippen molar-refractivity contribution in [3.05, 3.63) is 0 Å². The molecule has 1 aliphatic heterocycles. The second-order valence-electron chi connectivity index (χ2n) is 8.37. The zero-order valence-electron chi connectivity index (χ0n) is 12.6. The van der Waals surface area contributed by atoms with Gasteiger partial charge in [-0.25, -0.2) is 9.68 Å². The fraction of sp³-hybridized carbons (Fsp3) is 0.938. The first-order valence-electron chi connectivity index (χ1n) is 7.96. The Bertz CT molecular complexity index is 408. The summed E-state index contributed by atoms with van der Waals surface area (Å²) in [7, 11) is 0. The summed E-state index contributed by atoms with van der Waals surface area (Å²) in [5, 5.41) is 0. The van der Waals surface area contributed by atoms with E-state index >= 15 is 0 Å². The third-order valence-corrected chi connectivity index (χ3v) is 5.81. The van der Waals surface area contributed by atoms with Crippen LogP contribution < -0.4 is 0 Å². The molecule has 4 aliphatic carbocycles. The minimum absolute atomic E-state index is 0.240. The molecular formula is C16H24O4. The first-order chi connectivity index (χ1) is 9.38. The van der Waals surface area contributed by atoms with Gasteiger partial charge in [0.15, 0.2) is 6.10 Å². The van der Waals surface area contributed by atoms with E-state index in [4.69, 9.17) is 14.5 Å². The highest BCUT2D eigenvalue weighted by Gasteiger charge is 2.64. The van der Waals surface area contributed by atoms with E-state index in [9.17, 15) is 4.79 Å². The highest BCUT2D eigenvalue weighted by Crippen LogP contribution is 2.61. The number of hydrogen-bond acceptors (Lipinski definition) is 4. The number of hydrogen-bond donors (Lipinski definition) is 0. The van der Waals surface area contributed by atoms with Crippen LogP contribution in [-0.2, 0) is 19.3 Å². The lowest BCUT2D eigenvalue weighted by Crippen LogP contribution is -2.65. The largest absolute Gasteiger partial charge is 0.428 e. The summed E-state index contributed by atoms with van der Waals surface area (Å²) in [5.41, 5.74) is -0.301. The van der Waals surface area contributed by atoms with Crippen molar-refractivity contribution < 1.29 is 19.3 Å². The van der Waals surface area contributed by atoms with Gasteiger partial charge < -0.3 is 4.74 Å². The van der Waals surface area contributed by atoms with Gasteiger partial charge in [-0.15, -0.1) is 0 Å². The Kier molecular flexibility index (Phi) is 2.60. The molecule has 112 valence electrons. The number of carbonyl (C=O) groups excluding carboxylic acids is 1. The summed E-state index contributed by atoms with van der Waals surface area (Å²) in [6, 6.07) is 0. The molecule has 1 saturated heterocycles. The van der Waals surface area contributed by atoms with E-state index in [0.717, 1.165) is 37.5 Å². The van der Waals surface area contributed by atoms with E-state index in [1.165, 1.54) is 6.42 Å². The smallest absolute Gasteiger partial charge is 0.341 e. The number of esters is 1. The molecule has 20 heavy (non-hydrogen) atoms. The van der Waals surface area contributed by atoms with Crippen LogP contribution in [0.25, 0.3) is 0 Å². The SMILES string of the molecule is CC(C)(C)C1OOC2(OC1=O)C1CC3CC(C1)CC2C3. The van der Waals surface area contributed by atoms with Crippen molar-refractivity contribution in [1.29, 1.82) is 0 Å². The lowest BCUT2D eigenvalue weighted by atomic mass is 9.53. The zero-order chi connectivity index (χ0) is 14.1. The van der Waals surface area contributed by atoms with Gasteiger partial charge in [0.05, 0.1) is 0 Å². The topological polar surface area (TPSA) is 44.8 Å². The van der Waals surface area contributed by atoms with Crippen LogP contribution in [0.4, 0.5) is 0 Å². The molecule has 5 rings (SSSR count). The minimum atomic E-state index is -0.772. The minimum Gasteiger partial charge on any atom is -0.428 e. The van der Waals surface area contributed by atoms with Crippen LogP contribution in [0.5, 0.6) is 0 Å². The van der Waals surface area contributed by atoms with Gasteiger partial charge in [0.1, 0.15) is 0 Å². The lowest BCUT2D eigenvalue weighted by Gasteiger charge is -2.59. The predicted molar refractivity (Wildman–Crippen MR) is 71.3 cm³/mol. The molecule has 0 radical (unpaired) electrons. The number of rotatable bonds is 0. The third kappa shape index (κ3) is 1.70. The van der Waals surface area contributed by atoms with Crippen molar-refractivity contribution in [3.63, 3.8) is 0 Å². The van der Waals surface area contributed by atoms with Crippen molar-refractivity contribution in [2.45, 2.75) is 64.8 Å². The standard InChI is InChI=1S/C16H24O4/c1-15(2,3)13-14(17)18-16(20-19-13)11-5-9-4-10(7-11)8-12(16)6-9/h9-13H,4-8H2,1-3H3. The van der Waals surface area contributed by atoms with Gasteiger partial charge in [-0.05, 0) is 43.9 Å². The molecule has 4 saturated carbocycles. The van der Waals surface area contributed by atoms with E-state index in [0.29, 0.717) is 11.8 Å². The van der Waals surface area contributed by atoms with Gasteiger partial charge in [-0.1, -0.05) is 20.8 Å². The number of ether oxygens (including phenoxy) is 1. The normalized spacial score (nSPS) is 50.5. The Labute approximate surface area is 120 Å². The van der Waals surface area contributed by atoms with Crippen LogP contribution in [0.2, 0.25) is 0 Å². The summed E-state index contributed by atoms with van der Waals surface area (Å²) in [4.78, 5) is 23.8. The molecule has 1 heterocycles. The molecule has 1 atom stereocenters. The summed E-state index contributed by atoms with van der Waals surface area (Å²) < 4.78 is 5.90. The Morgan fingerprint density at radius 2 is 1.55 bits per heavy atom. The van der Waals surface area contributed by atoms with Crippen LogP contribution in [0, 0.1) is 29.1 Å². The van der Waals surface area contributed by atoms with Crippen molar-refractivity contribution in [1.82, 2.24) is 0 Å². The monoisotopic (exact) mass is 280 g/mol. The van der Waals surface area contributed by atoms with Gasteiger partial charge in [0.25, 0.3) is 0 Å². The first kappa shape index (κ1) is 13.1. The van der Waals surface area contributed by atoms with Crippen molar-refractivity contribution in [3.8, 4) is 0 Å². The Morgan fingerprint density at radius 1 is 1.00 bits per heavy atom. The average molecular weight is 280 g/mol. The van der Waals surface area contributed by atoms with Crippen LogP contribution in [0.15, 0.2) is 0 Å². The summed E-state index contributed by atoms with van der Waals surface area (Å²) in [5.74, 6) is 1.28. The van der Waals surface area contributed by atoms with E-state index in [1.807, 2.05) is 20.8 Å². The fourth-order valence-corrected chi connectivity index (χ4v) is 5.03. The Hall–Kier alpha value is -0.610. The van der Waals surface area contributed by atoms with Crippen LogP contribution in [0.3, 0.4) is 0 Å². The molecular weight excluding hydrogens is 256 g/mol. The highest BCUT2D eigenvalue weighted by atomic mass is 17.2. The molecule has 0 N–H and O–H groups in total. The van der Waals surface area contributed by atoms with E-state index in [-0.39, 0.29) is 11.4 Å². The van der Waals surface area contributed by atoms with E-state index < -0.39 is 11.9 Å². The molecule has 1 spiro atoms. The van der Waals surface area contributed by atoms with Gasteiger partial charge in [0.2, 0.25) is 5.79 Å². The molecule has 5 aliphatic rings. The second-order valence-corrected chi connectivity index (χ2v) is 8.37. The fourth-order valence-electron chi connectivity index (χ4n) is 5.03. The summed E-state index contributed by atoms with van der Waals surface area (Å²) in [6.07, 6.45) is 5.26. The summed E-state index contributed by atoms with van der Waals surface area (Å²) >= 11 is 0. The van der Waals surface area contributed by atoms with Crippen molar-refractivity contribution in [2.75, 3.05) is 0 Å². The van der Waals surface area contributed by atoms with Crippen molar-refractivity contribution >= 4 is 5.97 Å². The molecule has 4 bridgehead atoms. The maximum Gasteiger partial charge on any atom is 0.341 e. The molecule has 5 fully saturated rings. The molecule has 4 heteroatoms. The Morgan fingerprint density at radius 3 is 2.00 bits per heavy atom. The molecule has 0 aromatic rings. The van der Waals surface area contributed by atoms with Crippen LogP contribution in [-0.4, -0.2) is 17.9 Å². The Balaban J connectivity index is 1.60. The number of carbonyl (C=O) groups is 1. The maximum absolute atomic E-state index is 12.4. The summed E-state index contributed by atoms with van der Waals surface area (Å²) in [6.45, 7) is 5.91. The van der Waals surface area contributed by atoms with Gasteiger partial charge >= 0.3 is 5.97 Å². The van der Waals surface area contributed by atoms with Gasteiger partial charge in [-0.2, -0.15) is 4.89 Å². The van der Waals surface area contributed by atoms with E-state index in [1.54, 1.807) is 0 Å². The average Bonchev–Trinajstić information content (AvgIpc) is 2.33. The molecule has 0 amide bonds. The molecule has 0 aromatic heterocycles. The van der Waals surface area contributed by atoms with Gasteiger partial charge in [0, 0.05) is 17.3 Å². The first-order valence-corrected chi connectivity index (χ1v) is 7.96. The van der Waals surface area contributed by atoms with Crippen molar-refractivity contribution in [2.24, 2.45) is 29.1 Å².